The number of aliphatic carboxylic acids is 1. The number of fused-ring (bicyclic) bond motifs is 1. The first-order valence-electron chi connectivity index (χ1n) is 10.7. The Kier molecular flexibility index (Phi) is 6.85. The van der Waals surface area contributed by atoms with Gasteiger partial charge in [-0.15, -0.1) is 0 Å². The number of hydrogen-bond donors (Lipinski definition) is 1. The van der Waals surface area contributed by atoms with Crippen LogP contribution in [0.15, 0.2) is 42.5 Å². The molecule has 2 aliphatic rings. The van der Waals surface area contributed by atoms with E-state index in [1.807, 2.05) is 24.3 Å². The fraction of sp³-hybridized carbons (Fsp3) is 0.417. The van der Waals surface area contributed by atoms with Gasteiger partial charge in [0.1, 0.15) is 12.2 Å². The van der Waals surface area contributed by atoms with Crippen molar-refractivity contribution in [3.63, 3.8) is 0 Å². The Morgan fingerprint density at radius 3 is 2.52 bits per heavy atom. The number of amides is 1. The summed E-state index contributed by atoms with van der Waals surface area (Å²) in [7, 11) is 0. The van der Waals surface area contributed by atoms with Crippen LogP contribution in [-0.2, 0) is 14.3 Å². The molecular formula is C24H25Cl2NO4. The van der Waals surface area contributed by atoms with Crippen LogP contribution in [0.5, 0.6) is 0 Å². The van der Waals surface area contributed by atoms with Gasteiger partial charge in [-0.1, -0.05) is 60.7 Å². The third kappa shape index (κ3) is 4.89. The molecular weight excluding hydrogens is 437 g/mol. The van der Waals surface area contributed by atoms with Crippen LogP contribution in [0, 0.1) is 5.92 Å². The molecule has 2 atom stereocenters. The Morgan fingerprint density at radius 2 is 1.81 bits per heavy atom. The van der Waals surface area contributed by atoms with E-state index in [1.165, 1.54) is 6.42 Å². The minimum atomic E-state index is -1.12. The predicted molar refractivity (Wildman–Crippen MR) is 121 cm³/mol. The van der Waals surface area contributed by atoms with Crippen molar-refractivity contribution >= 4 is 40.8 Å². The van der Waals surface area contributed by atoms with Gasteiger partial charge in [0, 0.05) is 33.4 Å². The molecule has 1 aliphatic carbocycles. The summed E-state index contributed by atoms with van der Waals surface area (Å²) < 4.78 is 6.19. The highest BCUT2D eigenvalue weighted by atomic mass is 35.5. The number of anilines is 1. The van der Waals surface area contributed by atoms with E-state index in [1.54, 1.807) is 23.1 Å². The number of carbonyl (C=O) groups excluding carboxylic acids is 1. The van der Waals surface area contributed by atoms with Crippen LogP contribution in [0.2, 0.25) is 10.0 Å². The molecule has 164 valence electrons. The second kappa shape index (κ2) is 9.60. The summed E-state index contributed by atoms with van der Waals surface area (Å²) in [5.41, 5.74) is 2.10. The van der Waals surface area contributed by atoms with Crippen LogP contribution in [0.1, 0.15) is 55.8 Å². The van der Waals surface area contributed by atoms with E-state index >= 15 is 0 Å². The van der Waals surface area contributed by atoms with Gasteiger partial charge in [0.2, 0.25) is 0 Å². The van der Waals surface area contributed by atoms with E-state index in [0.717, 1.165) is 31.2 Å². The summed E-state index contributed by atoms with van der Waals surface area (Å²) in [4.78, 5) is 26.8. The van der Waals surface area contributed by atoms with Gasteiger partial charge < -0.3 is 14.7 Å². The summed E-state index contributed by atoms with van der Waals surface area (Å²) in [5, 5.41) is 10.5. The highest BCUT2D eigenvalue weighted by Crippen LogP contribution is 2.42. The van der Waals surface area contributed by atoms with Gasteiger partial charge in [-0.25, -0.2) is 0 Å². The van der Waals surface area contributed by atoms with Crippen LogP contribution in [-0.4, -0.2) is 29.6 Å². The molecule has 1 fully saturated rings. The number of rotatable bonds is 5. The van der Waals surface area contributed by atoms with Gasteiger partial charge in [-0.05, 0) is 43.0 Å². The molecule has 2 aromatic rings. The summed E-state index contributed by atoms with van der Waals surface area (Å²) in [5.74, 6) is -1.03. The maximum Gasteiger partial charge on any atom is 0.306 e. The van der Waals surface area contributed by atoms with Crippen molar-refractivity contribution in [2.75, 3.05) is 11.4 Å². The molecule has 0 unspecified atom stereocenters. The normalized spacial score (nSPS) is 22.1. The third-order valence-corrected chi connectivity index (χ3v) is 6.70. The lowest BCUT2D eigenvalue weighted by molar-refractivity contribution is -0.147. The third-order valence-electron chi connectivity index (χ3n) is 6.12. The number of carboxylic acid groups (broad SMARTS) is 1. The highest BCUT2D eigenvalue weighted by molar-refractivity contribution is 6.31. The zero-order valence-corrected chi connectivity index (χ0v) is 18.6. The molecule has 1 aliphatic heterocycles. The first kappa shape index (κ1) is 22.1. The lowest BCUT2D eigenvalue weighted by Crippen LogP contribution is -2.43. The van der Waals surface area contributed by atoms with E-state index < -0.39 is 24.6 Å². The lowest BCUT2D eigenvalue weighted by atomic mass is 9.88. The molecule has 0 bridgehead atoms. The van der Waals surface area contributed by atoms with Crippen molar-refractivity contribution in [2.24, 2.45) is 5.92 Å². The molecule has 2 aromatic carbocycles. The Balaban J connectivity index is 1.82. The second-order valence-electron chi connectivity index (χ2n) is 8.28. The Hall–Kier alpha value is -2.08. The average Bonchev–Trinajstić information content (AvgIpc) is 2.85. The van der Waals surface area contributed by atoms with Crippen molar-refractivity contribution in [3.8, 4) is 0 Å². The van der Waals surface area contributed by atoms with E-state index in [-0.39, 0.29) is 5.91 Å². The number of carbonyl (C=O) groups is 2. The summed E-state index contributed by atoms with van der Waals surface area (Å²) >= 11 is 12.8. The monoisotopic (exact) mass is 461 g/mol. The lowest BCUT2D eigenvalue weighted by Gasteiger charge is -2.31. The molecule has 1 saturated carbocycles. The van der Waals surface area contributed by atoms with Crippen molar-refractivity contribution in [3.05, 3.63) is 63.6 Å². The van der Waals surface area contributed by atoms with Crippen LogP contribution in [0.25, 0.3) is 0 Å². The number of nitrogens with zero attached hydrogens (tertiary/aromatic N) is 1. The first-order chi connectivity index (χ1) is 14.9. The van der Waals surface area contributed by atoms with Gasteiger partial charge in [0.25, 0.3) is 5.91 Å². The highest BCUT2D eigenvalue weighted by Gasteiger charge is 2.39. The van der Waals surface area contributed by atoms with Crippen molar-refractivity contribution in [1.29, 1.82) is 0 Å². The molecule has 0 aromatic heterocycles. The van der Waals surface area contributed by atoms with Gasteiger partial charge in [0.05, 0.1) is 6.42 Å². The summed E-state index contributed by atoms with van der Waals surface area (Å²) in [6.45, 7) is 0.544. The van der Waals surface area contributed by atoms with Crippen LogP contribution < -0.4 is 4.90 Å². The molecule has 7 heteroatoms. The molecule has 1 heterocycles. The Labute approximate surface area is 191 Å². The standard InChI is InChI=1S/C24H25Cl2NO4/c25-16-10-11-20-18(12-16)23(17-8-4-5-9-19(17)26)31-21(13-22(28)29)24(30)27(20)14-15-6-2-1-3-7-15/h4-5,8-12,15,21,23H,1-3,6-7,13-14H2,(H,28,29)/t21-,23-/m0/s1. The number of benzene rings is 2. The maximum absolute atomic E-state index is 13.5. The molecule has 0 radical (unpaired) electrons. The minimum Gasteiger partial charge on any atom is -0.481 e. The maximum atomic E-state index is 13.5. The van der Waals surface area contributed by atoms with Gasteiger partial charge in [0.15, 0.2) is 0 Å². The zero-order valence-electron chi connectivity index (χ0n) is 17.1. The van der Waals surface area contributed by atoms with Crippen LogP contribution in [0.4, 0.5) is 5.69 Å². The SMILES string of the molecule is O=C(O)C[C@@H]1O[C@@H](c2ccccc2Cl)c2cc(Cl)ccc2N(CC2CCCCC2)C1=O. The first-order valence-corrected chi connectivity index (χ1v) is 11.4. The van der Waals surface area contributed by atoms with E-state index in [2.05, 4.69) is 0 Å². The average molecular weight is 462 g/mol. The Bertz CT molecular complexity index is 974. The van der Waals surface area contributed by atoms with Crippen molar-refractivity contribution in [2.45, 2.75) is 50.7 Å². The fourth-order valence-corrected chi connectivity index (χ4v) is 5.02. The van der Waals surface area contributed by atoms with Gasteiger partial charge in [-0.3, -0.25) is 9.59 Å². The molecule has 0 saturated heterocycles. The zero-order chi connectivity index (χ0) is 22.0. The quantitative estimate of drug-likeness (QED) is 0.604. The second-order valence-corrected chi connectivity index (χ2v) is 9.12. The predicted octanol–water partition coefficient (Wildman–Crippen LogP) is 5.87. The van der Waals surface area contributed by atoms with Crippen LogP contribution >= 0.6 is 23.2 Å². The smallest absolute Gasteiger partial charge is 0.306 e. The fourth-order valence-electron chi connectivity index (χ4n) is 4.61. The molecule has 0 spiro atoms. The molecule has 1 N–H and O–H groups in total. The Morgan fingerprint density at radius 1 is 1.06 bits per heavy atom. The molecule has 31 heavy (non-hydrogen) atoms. The van der Waals surface area contributed by atoms with E-state index in [9.17, 15) is 14.7 Å². The van der Waals surface area contributed by atoms with Gasteiger partial charge in [-0.2, -0.15) is 0 Å². The minimum absolute atomic E-state index is 0.328. The van der Waals surface area contributed by atoms with E-state index in [4.69, 9.17) is 27.9 Å². The summed E-state index contributed by atoms with van der Waals surface area (Å²) in [6, 6.07) is 12.6. The molecule has 4 rings (SSSR count). The van der Waals surface area contributed by atoms with Gasteiger partial charge >= 0.3 is 5.97 Å². The number of carboxylic acids is 1. The van der Waals surface area contributed by atoms with Crippen LogP contribution in [0.3, 0.4) is 0 Å². The number of hydrogen-bond acceptors (Lipinski definition) is 3. The molecule has 1 amide bonds. The topological polar surface area (TPSA) is 66.8 Å². The van der Waals surface area contributed by atoms with Crippen molar-refractivity contribution < 1.29 is 19.4 Å². The molecule has 5 nitrogen and oxygen atoms in total. The van der Waals surface area contributed by atoms with Crippen molar-refractivity contribution in [1.82, 2.24) is 0 Å². The largest absolute Gasteiger partial charge is 0.481 e. The summed E-state index contributed by atoms with van der Waals surface area (Å²) in [6.07, 6.45) is 3.41. The number of halogens is 2. The van der Waals surface area contributed by atoms with E-state index in [0.29, 0.717) is 33.8 Å². The number of ether oxygens (including phenoxy) is 1.